The number of methoxy groups -OCH3 is 2. The van der Waals surface area contributed by atoms with E-state index in [1.807, 2.05) is 55.5 Å². The second-order valence-electron chi connectivity index (χ2n) is 7.47. The normalized spacial score (nSPS) is 11.4. The molecule has 0 saturated heterocycles. The summed E-state index contributed by atoms with van der Waals surface area (Å²) in [5.74, 6) is 1.95. The van der Waals surface area contributed by atoms with Crippen LogP contribution in [0.4, 0.5) is 0 Å². The molecular weight excluding hydrogens is 408 g/mol. The lowest BCUT2D eigenvalue weighted by Crippen LogP contribution is -2.47. The van der Waals surface area contributed by atoms with Crippen molar-refractivity contribution < 1.29 is 23.8 Å². The van der Waals surface area contributed by atoms with E-state index in [0.29, 0.717) is 31.9 Å². The lowest BCUT2D eigenvalue weighted by molar-refractivity contribution is -0.140. The van der Waals surface area contributed by atoms with Crippen molar-refractivity contribution in [1.82, 2.24) is 10.2 Å². The molecular formula is C25H34N2O5. The first-order valence-corrected chi connectivity index (χ1v) is 11.0. The van der Waals surface area contributed by atoms with E-state index in [9.17, 15) is 9.59 Å². The lowest BCUT2D eigenvalue weighted by Gasteiger charge is -2.29. The zero-order valence-electron chi connectivity index (χ0n) is 19.4. The molecule has 0 bridgehead atoms. The molecule has 7 nitrogen and oxygen atoms in total. The van der Waals surface area contributed by atoms with Gasteiger partial charge in [-0.25, -0.2) is 0 Å². The molecule has 0 aliphatic carbocycles. The molecule has 7 heteroatoms. The largest absolute Gasteiger partial charge is 0.497 e. The number of hydrogen-bond donors (Lipinski definition) is 1. The summed E-state index contributed by atoms with van der Waals surface area (Å²) in [6, 6.07) is 14.3. The monoisotopic (exact) mass is 442 g/mol. The van der Waals surface area contributed by atoms with Crippen LogP contribution in [-0.4, -0.2) is 50.1 Å². The fourth-order valence-corrected chi connectivity index (χ4v) is 3.18. The third kappa shape index (κ3) is 7.80. The summed E-state index contributed by atoms with van der Waals surface area (Å²) in [6.07, 6.45) is 1.67. The summed E-state index contributed by atoms with van der Waals surface area (Å²) >= 11 is 0. The second kappa shape index (κ2) is 13.2. The number of carbonyl (C=O) groups is 2. The zero-order chi connectivity index (χ0) is 23.3. The Morgan fingerprint density at radius 3 is 2.34 bits per heavy atom. The standard InChI is InChI=1S/C25H34N2O5/c1-5-15-26-25(29)19(2)27(18-20-8-6-9-23(17-20)31-4)24(28)10-7-16-32-22-13-11-21(30-3)12-14-22/h6,8-9,11-14,17,19H,5,7,10,15-16,18H2,1-4H3,(H,26,29)/t19-/m1/s1. The Morgan fingerprint density at radius 1 is 1.00 bits per heavy atom. The molecule has 174 valence electrons. The van der Waals surface area contributed by atoms with Gasteiger partial charge in [-0.2, -0.15) is 0 Å². The fraction of sp³-hybridized carbons (Fsp3) is 0.440. The van der Waals surface area contributed by atoms with Gasteiger partial charge in [0.2, 0.25) is 11.8 Å². The van der Waals surface area contributed by atoms with Gasteiger partial charge in [-0.05, 0) is 61.7 Å². The Hall–Kier alpha value is -3.22. The van der Waals surface area contributed by atoms with Crippen molar-refractivity contribution >= 4 is 11.8 Å². The summed E-state index contributed by atoms with van der Waals surface area (Å²) in [6.45, 7) is 5.07. The molecule has 0 heterocycles. The van der Waals surface area contributed by atoms with Gasteiger partial charge in [-0.1, -0.05) is 19.1 Å². The Balaban J connectivity index is 1.99. The quantitative estimate of drug-likeness (QED) is 0.478. The van der Waals surface area contributed by atoms with Crippen molar-refractivity contribution in [2.45, 2.75) is 45.7 Å². The number of benzene rings is 2. The van der Waals surface area contributed by atoms with Gasteiger partial charge in [0.1, 0.15) is 23.3 Å². The summed E-state index contributed by atoms with van der Waals surface area (Å²) in [7, 11) is 3.22. The highest BCUT2D eigenvalue weighted by Gasteiger charge is 2.25. The smallest absolute Gasteiger partial charge is 0.242 e. The molecule has 0 aliphatic heterocycles. The third-order valence-corrected chi connectivity index (χ3v) is 5.07. The van der Waals surface area contributed by atoms with E-state index in [1.54, 1.807) is 26.0 Å². The van der Waals surface area contributed by atoms with Crippen molar-refractivity contribution in [1.29, 1.82) is 0 Å². The Bertz CT molecular complexity index is 854. The number of rotatable bonds is 13. The van der Waals surface area contributed by atoms with E-state index < -0.39 is 6.04 Å². The van der Waals surface area contributed by atoms with E-state index >= 15 is 0 Å². The molecule has 2 aromatic rings. The Kier molecular flexibility index (Phi) is 10.4. The Morgan fingerprint density at radius 2 is 1.69 bits per heavy atom. The highest BCUT2D eigenvalue weighted by Crippen LogP contribution is 2.19. The number of hydrogen-bond acceptors (Lipinski definition) is 5. The van der Waals surface area contributed by atoms with Crippen LogP contribution in [0.1, 0.15) is 38.7 Å². The maximum absolute atomic E-state index is 13.1. The molecule has 0 unspecified atom stereocenters. The fourth-order valence-electron chi connectivity index (χ4n) is 3.18. The second-order valence-corrected chi connectivity index (χ2v) is 7.47. The van der Waals surface area contributed by atoms with Crippen LogP contribution in [0.25, 0.3) is 0 Å². The molecule has 0 aliphatic rings. The highest BCUT2D eigenvalue weighted by molar-refractivity contribution is 5.87. The molecule has 1 atom stereocenters. The first-order chi connectivity index (χ1) is 15.5. The number of carbonyl (C=O) groups excluding carboxylic acids is 2. The van der Waals surface area contributed by atoms with Gasteiger partial charge in [0.25, 0.3) is 0 Å². The van der Waals surface area contributed by atoms with Gasteiger partial charge < -0.3 is 24.4 Å². The summed E-state index contributed by atoms with van der Waals surface area (Å²) in [5, 5.41) is 2.88. The van der Waals surface area contributed by atoms with E-state index in [4.69, 9.17) is 14.2 Å². The number of nitrogens with one attached hydrogen (secondary N) is 1. The van der Waals surface area contributed by atoms with Gasteiger partial charge in [-0.3, -0.25) is 9.59 Å². The number of ether oxygens (including phenoxy) is 3. The van der Waals surface area contributed by atoms with E-state index in [0.717, 1.165) is 23.5 Å². The van der Waals surface area contributed by atoms with Gasteiger partial charge >= 0.3 is 0 Å². The van der Waals surface area contributed by atoms with Crippen LogP contribution >= 0.6 is 0 Å². The van der Waals surface area contributed by atoms with Crippen molar-refractivity contribution in [3.63, 3.8) is 0 Å². The van der Waals surface area contributed by atoms with Crippen LogP contribution in [-0.2, 0) is 16.1 Å². The molecule has 0 aromatic heterocycles. The molecule has 0 radical (unpaired) electrons. The van der Waals surface area contributed by atoms with E-state index in [-0.39, 0.29) is 18.2 Å². The first-order valence-electron chi connectivity index (χ1n) is 11.0. The van der Waals surface area contributed by atoms with Gasteiger partial charge in [-0.15, -0.1) is 0 Å². The average Bonchev–Trinajstić information content (AvgIpc) is 2.83. The Labute approximate surface area is 190 Å². The minimum Gasteiger partial charge on any atom is -0.497 e. The van der Waals surface area contributed by atoms with Crippen LogP contribution in [0, 0.1) is 0 Å². The molecule has 2 amide bonds. The van der Waals surface area contributed by atoms with Crippen molar-refractivity contribution in [2.24, 2.45) is 0 Å². The lowest BCUT2D eigenvalue weighted by atomic mass is 10.1. The molecule has 2 rings (SSSR count). The topological polar surface area (TPSA) is 77.1 Å². The molecule has 32 heavy (non-hydrogen) atoms. The van der Waals surface area contributed by atoms with Crippen molar-refractivity contribution in [2.75, 3.05) is 27.4 Å². The predicted octanol–water partition coefficient (Wildman–Crippen LogP) is 3.81. The first kappa shape index (κ1) is 25.0. The van der Waals surface area contributed by atoms with Crippen molar-refractivity contribution in [3.05, 3.63) is 54.1 Å². The van der Waals surface area contributed by atoms with Crippen LogP contribution < -0.4 is 19.5 Å². The minimum atomic E-state index is -0.581. The molecule has 0 fully saturated rings. The van der Waals surface area contributed by atoms with Gasteiger partial charge in [0, 0.05) is 19.5 Å². The summed E-state index contributed by atoms with van der Waals surface area (Å²) in [4.78, 5) is 27.2. The maximum Gasteiger partial charge on any atom is 0.242 e. The number of amides is 2. The summed E-state index contributed by atoms with van der Waals surface area (Å²) in [5.41, 5.74) is 0.905. The SMILES string of the molecule is CCCNC(=O)[C@@H](C)N(Cc1cccc(OC)c1)C(=O)CCCOc1ccc(OC)cc1. The minimum absolute atomic E-state index is 0.0923. The number of nitrogens with zero attached hydrogens (tertiary/aromatic N) is 1. The third-order valence-electron chi connectivity index (χ3n) is 5.07. The van der Waals surface area contributed by atoms with E-state index in [1.165, 1.54) is 0 Å². The predicted molar refractivity (Wildman–Crippen MR) is 124 cm³/mol. The maximum atomic E-state index is 13.1. The van der Waals surface area contributed by atoms with Gasteiger partial charge in [0.05, 0.1) is 20.8 Å². The van der Waals surface area contributed by atoms with Crippen molar-refractivity contribution in [3.8, 4) is 17.2 Å². The molecule has 2 aromatic carbocycles. The van der Waals surface area contributed by atoms with Crippen LogP contribution in [0.15, 0.2) is 48.5 Å². The molecule has 1 N–H and O–H groups in total. The highest BCUT2D eigenvalue weighted by atomic mass is 16.5. The molecule has 0 saturated carbocycles. The van der Waals surface area contributed by atoms with Gasteiger partial charge in [0.15, 0.2) is 0 Å². The van der Waals surface area contributed by atoms with Crippen LogP contribution in [0.2, 0.25) is 0 Å². The zero-order valence-corrected chi connectivity index (χ0v) is 19.4. The van der Waals surface area contributed by atoms with Crippen LogP contribution in [0.3, 0.4) is 0 Å². The van der Waals surface area contributed by atoms with Crippen LogP contribution in [0.5, 0.6) is 17.2 Å². The summed E-state index contributed by atoms with van der Waals surface area (Å²) < 4.78 is 16.1. The average molecular weight is 443 g/mol. The van der Waals surface area contributed by atoms with E-state index in [2.05, 4.69) is 5.32 Å². The molecule has 0 spiro atoms.